The van der Waals surface area contributed by atoms with Gasteiger partial charge in [0.05, 0.1) is 11.9 Å². The summed E-state index contributed by atoms with van der Waals surface area (Å²) in [5.74, 6) is 0. The summed E-state index contributed by atoms with van der Waals surface area (Å²) in [6.45, 7) is 2.05. The molecule has 2 N–H and O–H groups in total. The smallest absolute Gasteiger partial charge is 0.0645 e. The molecule has 1 aromatic carbocycles. The summed E-state index contributed by atoms with van der Waals surface area (Å²) < 4.78 is 1.90. The van der Waals surface area contributed by atoms with Crippen LogP contribution >= 0.6 is 0 Å². The number of benzene rings is 1. The summed E-state index contributed by atoms with van der Waals surface area (Å²) in [6, 6.07) is 8.51. The monoisotopic (exact) mass is 241 g/mol. The largest absolute Gasteiger partial charge is 0.321 e. The highest BCUT2D eigenvalue weighted by molar-refractivity contribution is 5.37. The van der Waals surface area contributed by atoms with Crippen LogP contribution in [0.1, 0.15) is 36.8 Å². The quantitative estimate of drug-likeness (QED) is 0.878. The fourth-order valence-electron chi connectivity index (χ4n) is 2.79. The molecule has 1 fully saturated rings. The molecule has 0 aliphatic heterocycles. The molecule has 0 spiro atoms. The first-order valence-electron chi connectivity index (χ1n) is 6.58. The van der Waals surface area contributed by atoms with Crippen molar-refractivity contribution < 1.29 is 0 Å². The molecule has 0 amide bonds. The first-order valence-corrected chi connectivity index (χ1v) is 6.58. The third-order valence-corrected chi connectivity index (χ3v) is 3.91. The van der Waals surface area contributed by atoms with E-state index in [9.17, 15) is 0 Å². The average molecular weight is 241 g/mol. The summed E-state index contributed by atoms with van der Waals surface area (Å²) >= 11 is 0. The van der Waals surface area contributed by atoms with Gasteiger partial charge in [-0.1, -0.05) is 25.0 Å². The number of aryl methyl sites for hydroxylation is 1. The van der Waals surface area contributed by atoms with E-state index in [0.29, 0.717) is 0 Å². The molecule has 1 saturated carbocycles. The van der Waals surface area contributed by atoms with Crippen LogP contribution in [0.3, 0.4) is 0 Å². The highest BCUT2D eigenvalue weighted by atomic mass is 15.3. The fraction of sp³-hybridized carbons (Fsp3) is 0.400. The topological polar surface area (TPSA) is 43.8 Å². The number of nitrogens with zero attached hydrogens (tertiary/aromatic N) is 2. The second-order valence-electron chi connectivity index (χ2n) is 5.37. The first kappa shape index (κ1) is 11.5. The maximum Gasteiger partial charge on any atom is 0.0645 e. The van der Waals surface area contributed by atoms with Gasteiger partial charge in [0.2, 0.25) is 0 Å². The van der Waals surface area contributed by atoms with Crippen LogP contribution in [0.25, 0.3) is 5.69 Å². The lowest BCUT2D eigenvalue weighted by molar-refractivity contribution is 0.461. The summed E-state index contributed by atoms with van der Waals surface area (Å²) in [7, 11) is 0. The van der Waals surface area contributed by atoms with Crippen molar-refractivity contribution in [1.29, 1.82) is 0 Å². The van der Waals surface area contributed by atoms with Gasteiger partial charge in [0.25, 0.3) is 0 Å². The molecule has 3 heteroatoms. The molecular weight excluding hydrogens is 222 g/mol. The maximum atomic E-state index is 6.45. The third kappa shape index (κ3) is 1.95. The fourth-order valence-corrected chi connectivity index (χ4v) is 2.79. The first-order chi connectivity index (χ1) is 8.67. The van der Waals surface area contributed by atoms with E-state index in [1.165, 1.54) is 24.0 Å². The van der Waals surface area contributed by atoms with Crippen molar-refractivity contribution in [2.75, 3.05) is 0 Å². The summed E-state index contributed by atoms with van der Waals surface area (Å²) in [6.07, 6.45) is 8.60. The van der Waals surface area contributed by atoms with Gasteiger partial charge in [-0.25, -0.2) is 4.68 Å². The van der Waals surface area contributed by atoms with Crippen LogP contribution in [-0.4, -0.2) is 9.78 Å². The number of aromatic nitrogens is 2. The summed E-state index contributed by atoms with van der Waals surface area (Å²) in [4.78, 5) is 0. The van der Waals surface area contributed by atoms with Crippen molar-refractivity contribution in [2.24, 2.45) is 5.73 Å². The second kappa shape index (κ2) is 4.25. The number of hydrogen-bond donors (Lipinski definition) is 1. The van der Waals surface area contributed by atoms with E-state index >= 15 is 0 Å². The van der Waals surface area contributed by atoms with Crippen molar-refractivity contribution in [3.05, 3.63) is 47.8 Å². The lowest BCUT2D eigenvalue weighted by atomic mass is 9.89. The lowest BCUT2D eigenvalue weighted by Gasteiger charge is -2.24. The van der Waals surface area contributed by atoms with E-state index in [-0.39, 0.29) is 5.54 Å². The van der Waals surface area contributed by atoms with Crippen molar-refractivity contribution in [2.45, 2.75) is 38.1 Å². The minimum Gasteiger partial charge on any atom is -0.321 e. The Morgan fingerprint density at radius 1 is 1.17 bits per heavy atom. The van der Waals surface area contributed by atoms with Crippen molar-refractivity contribution in [1.82, 2.24) is 9.78 Å². The van der Waals surface area contributed by atoms with E-state index in [1.54, 1.807) is 0 Å². The van der Waals surface area contributed by atoms with Crippen LogP contribution in [0.5, 0.6) is 0 Å². The summed E-state index contributed by atoms with van der Waals surface area (Å²) in [5.41, 5.74) is 9.87. The summed E-state index contributed by atoms with van der Waals surface area (Å²) in [5, 5.41) is 4.32. The zero-order valence-electron chi connectivity index (χ0n) is 10.8. The maximum absolute atomic E-state index is 6.45. The highest BCUT2D eigenvalue weighted by Gasteiger charge is 2.30. The van der Waals surface area contributed by atoms with Crippen LogP contribution in [0.4, 0.5) is 0 Å². The molecular formula is C15H19N3. The molecule has 1 heterocycles. The Morgan fingerprint density at radius 2 is 1.83 bits per heavy atom. The molecule has 2 aromatic rings. The Hall–Kier alpha value is -1.61. The molecule has 0 radical (unpaired) electrons. The average Bonchev–Trinajstić information content (AvgIpc) is 3.00. The van der Waals surface area contributed by atoms with E-state index in [1.807, 2.05) is 24.0 Å². The van der Waals surface area contributed by atoms with E-state index < -0.39 is 0 Å². The van der Waals surface area contributed by atoms with E-state index in [4.69, 9.17) is 5.73 Å². The Bertz CT molecular complexity index is 533. The van der Waals surface area contributed by atoms with Crippen LogP contribution in [-0.2, 0) is 5.54 Å². The molecule has 1 aliphatic rings. The van der Waals surface area contributed by atoms with Gasteiger partial charge in [-0.05, 0) is 43.0 Å². The van der Waals surface area contributed by atoms with Gasteiger partial charge in [-0.15, -0.1) is 0 Å². The molecule has 0 unspecified atom stereocenters. The third-order valence-electron chi connectivity index (χ3n) is 3.91. The van der Waals surface area contributed by atoms with Gasteiger partial charge in [-0.2, -0.15) is 5.10 Å². The minimum atomic E-state index is -0.0986. The van der Waals surface area contributed by atoms with E-state index in [0.717, 1.165) is 18.5 Å². The van der Waals surface area contributed by atoms with Gasteiger partial charge in [-0.3, -0.25) is 0 Å². The van der Waals surface area contributed by atoms with Gasteiger partial charge >= 0.3 is 0 Å². The normalized spacial score (nSPS) is 18.1. The molecule has 0 atom stereocenters. The van der Waals surface area contributed by atoms with E-state index in [2.05, 4.69) is 29.4 Å². The molecule has 3 rings (SSSR count). The lowest BCUT2D eigenvalue weighted by Crippen LogP contribution is -2.32. The van der Waals surface area contributed by atoms with Crippen LogP contribution in [0.15, 0.2) is 36.7 Å². The van der Waals surface area contributed by atoms with Gasteiger partial charge in [0, 0.05) is 11.7 Å². The molecule has 3 nitrogen and oxygen atoms in total. The predicted octanol–water partition coefficient (Wildman–Crippen LogP) is 2.91. The zero-order valence-corrected chi connectivity index (χ0v) is 10.8. The van der Waals surface area contributed by atoms with Gasteiger partial charge < -0.3 is 5.73 Å². The Labute approximate surface area is 108 Å². The Morgan fingerprint density at radius 3 is 2.39 bits per heavy atom. The number of rotatable bonds is 2. The van der Waals surface area contributed by atoms with Crippen LogP contribution in [0, 0.1) is 6.92 Å². The van der Waals surface area contributed by atoms with Crippen LogP contribution < -0.4 is 5.73 Å². The minimum absolute atomic E-state index is 0.0986. The van der Waals surface area contributed by atoms with Crippen molar-refractivity contribution in [3.63, 3.8) is 0 Å². The Kier molecular flexibility index (Phi) is 2.71. The highest BCUT2D eigenvalue weighted by Crippen LogP contribution is 2.36. The number of hydrogen-bond acceptors (Lipinski definition) is 2. The molecule has 18 heavy (non-hydrogen) atoms. The molecule has 1 aromatic heterocycles. The SMILES string of the molecule is Cc1cnn(-c2ccc(C3(N)CCCC3)cc2)c1. The van der Waals surface area contributed by atoms with Crippen molar-refractivity contribution >= 4 is 0 Å². The van der Waals surface area contributed by atoms with Crippen molar-refractivity contribution in [3.8, 4) is 5.69 Å². The molecule has 1 aliphatic carbocycles. The van der Waals surface area contributed by atoms with Crippen LogP contribution in [0.2, 0.25) is 0 Å². The molecule has 0 bridgehead atoms. The second-order valence-corrected chi connectivity index (χ2v) is 5.37. The van der Waals surface area contributed by atoms with Gasteiger partial charge in [0.15, 0.2) is 0 Å². The molecule has 0 saturated heterocycles. The standard InChI is InChI=1S/C15H19N3/c1-12-10-17-18(11-12)14-6-4-13(5-7-14)15(16)8-2-3-9-15/h4-7,10-11H,2-3,8-9,16H2,1H3. The Balaban J connectivity index is 1.89. The molecule has 94 valence electrons. The van der Waals surface area contributed by atoms with Gasteiger partial charge in [0.1, 0.15) is 0 Å². The zero-order chi connectivity index (χ0) is 12.6. The predicted molar refractivity (Wildman–Crippen MR) is 72.6 cm³/mol. The number of nitrogens with two attached hydrogens (primary N) is 1.